The molecule has 1 amide bonds. The summed E-state index contributed by atoms with van der Waals surface area (Å²) in [7, 11) is 0. The summed E-state index contributed by atoms with van der Waals surface area (Å²) >= 11 is 0. The van der Waals surface area contributed by atoms with E-state index in [-0.39, 0.29) is 30.8 Å². The van der Waals surface area contributed by atoms with Crippen molar-refractivity contribution in [1.29, 1.82) is 0 Å². The Hall–Kier alpha value is -0.650. The van der Waals surface area contributed by atoms with Crippen LogP contribution < -0.4 is 5.73 Å². The fraction of sp³-hybridized carbons (Fsp3) is 0.909. The van der Waals surface area contributed by atoms with Crippen LogP contribution in [-0.4, -0.2) is 55.4 Å². The van der Waals surface area contributed by atoms with E-state index in [2.05, 4.69) is 0 Å². The molecule has 2 atom stereocenters. The molecule has 0 saturated carbocycles. The minimum Gasteiger partial charge on any atom is -0.373 e. The number of hydrogen-bond acceptors (Lipinski definition) is 4. The summed E-state index contributed by atoms with van der Waals surface area (Å²) in [6.07, 6.45) is 0.0322. The summed E-state index contributed by atoms with van der Waals surface area (Å²) in [5, 5.41) is 0. The predicted octanol–water partition coefficient (Wildman–Crippen LogP) is -0.0140. The van der Waals surface area contributed by atoms with Gasteiger partial charge < -0.3 is 20.1 Å². The van der Waals surface area contributed by atoms with Crippen molar-refractivity contribution in [1.82, 2.24) is 4.90 Å². The van der Waals surface area contributed by atoms with Crippen molar-refractivity contribution in [2.45, 2.75) is 39.0 Å². The number of hydrogen-bond donors (Lipinski definition) is 1. The molecule has 2 N–H and O–H groups in total. The summed E-state index contributed by atoms with van der Waals surface area (Å²) in [5.41, 5.74) is 5.54. The maximum absolute atomic E-state index is 11.9. The minimum atomic E-state index is -0.0424. The molecular weight excluding hydrogens is 208 g/mol. The molecule has 0 spiro atoms. The van der Waals surface area contributed by atoms with Crippen LogP contribution in [0.1, 0.15) is 20.8 Å². The van der Waals surface area contributed by atoms with E-state index in [4.69, 9.17) is 15.2 Å². The van der Waals surface area contributed by atoms with Gasteiger partial charge in [-0.05, 0) is 20.8 Å². The Labute approximate surface area is 96.9 Å². The largest absolute Gasteiger partial charge is 0.373 e. The molecule has 2 unspecified atom stereocenters. The number of carbonyl (C=O) groups is 1. The van der Waals surface area contributed by atoms with E-state index in [9.17, 15) is 4.79 Å². The standard InChI is InChI=1S/C11H22N2O3/c1-8(2)15-7-11(14)13-5-10(4-12)16-6-9(13)3/h8-10H,4-7,12H2,1-3H3. The fourth-order valence-electron chi connectivity index (χ4n) is 1.63. The van der Waals surface area contributed by atoms with Crippen molar-refractivity contribution >= 4 is 5.91 Å². The Morgan fingerprint density at radius 2 is 2.31 bits per heavy atom. The number of nitrogens with zero attached hydrogens (tertiary/aromatic N) is 1. The minimum absolute atomic E-state index is 0.0166. The molecule has 94 valence electrons. The van der Waals surface area contributed by atoms with Gasteiger partial charge in [-0.25, -0.2) is 0 Å². The maximum Gasteiger partial charge on any atom is 0.248 e. The molecule has 1 rings (SSSR count). The van der Waals surface area contributed by atoms with Crippen LogP contribution >= 0.6 is 0 Å². The Morgan fingerprint density at radius 1 is 1.62 bits per heavy atom. The van der Waals surface area contributed by atoms with Crippen LogP contribution in [0.4, 0.5) is 0 Å². The molecule has 0 radical (unpaired) electrons. The Kier molecular flexibility index (Phi) is 5.18. The molecule has 0 aromatic heterocycles. The normalized spacial score (nSPS) is 26.2. The molecule has 1 heterocycles. The highest BCUT2D eigenvalue weighted by Crippen LogP contribution is 2.11. The van der Waals surface area contributed by atoms with Crippen LogP contribution in [0.2, 0.25) is 0 Å². The average molecular weight is 230 g/mol. The fourth-order valence-corrected chi connectivity index (χ4v) is 1.63. The van der Waals surface area contributed by atoms with E-state index in [1.807, 2.05) is 20.8 Å². The third kappa shape index (κ3) is 3.73. The van der Waals surface area contributed by atoms with E-state index < -0.39 is 0 Å². The van der Waals surface area contributed by atoms with Gasteiger partial charge in [0.15, 0.2) is 0 Å². The van der Waals surface area contributed by atoms with Crippen LogP contribution in [0.15, 0.2) is 0 Å². The van der Waals surface area contributed by atoms with E-state index in [0.717, 1.165) is 0 Å². The van der Waals surface area contributed by atoms with Gasteiger partial charge in [-0.2, -0.15) is 0 Å². The first kappa shape index (κ1) is 13.4. The van der Waals surface area contributed by atoms with Crippen molar-refractivity contribution in [3.8, 4) is 0 Å². The smallest absolute Gasteiger partial charge is 0.248 e. The summed E-state index contributed by atoms with van der Waals surface area (Å²) in [6.45, 7) is 7.51. The lowest BCUT2D eigenvalue weighted by molar-refractivity contribution is -0.149. The number of rotatable bonds is 4. The SMILES string of the molecule is CC(C)OCC(=O)N1CC(CN)OCC1C. The molecule has 1 aliphatic heterocycles. The highest BCUT2D eigenvalue weighted by atomic mass is 16.5. The average Bonchev–Trinajstić information content (AvgIpc) is 2.26. The van der Waals surface area contributed by atoms with Gasteiger partial charge in [0.1, 0.15) is 6.61 Å². The molecule has 0 aromatic rings. The van der Waals surface area contributed by atoms with E-state index in [1.54, 1.807) is 4.90 Å². The predicted molar refractivity (Wildman–Crippen MR) is 61.1 cm³/mol. The highest BCUT2D eigenvalue weighted by molar-refractivity contribution is 5.78. The van der Waals surface area contributed by atoms with Gasteiger partial charge in [0.25, 0.3) is 0 Å². The van der Waals surface area contributed by atoms with Gasteiger partial charge in [0, 0.05) is 13.1 Å². The molecule has 0 aromatic carbocycles. The lowest BCUT2D eigenvalue weighted by Crippen LogP contribution is -2.53. The van der Waals surface area contributed by atoms with Crippen molar-refractivity contribution < 1.29 is 14.3 Å². The monoisotopic (exact) mass is 230 g/mol. The summed E-state index contributed by atoms with van der Waals surface area (Å²) in [5.74, 6) is 0.0166. The molecule has 5 nitrogen and oxygen atoms in total. The van der Waals surface area contributed by atoms with Crippen molar-refractivity contribution in [3.63, 3.8) is 0 Å². The Bertz CT molecular complexity index is 233. The molecule has 1 aliphatic rings. The van der Waals surface area contributed by atoms with Crippen LogP contribution in [-0.2, 0) is 14.3 Å². The first-order valence-electron chi connectivity index (χ1n) is 5.77. The number of carbonyl (C=O) groups excluding carboxylic acids is 1. The zero-order chi connectivity index (χ0) is 12.1. The summed E-state index contributed by atoms with van der Waals surface area (Å²) in [6, 6.07) is 0.103. The van der Waals surface area contributed by atoms with Crippen LogP contribution in [0.5, 0.6) is 0 Å². The molecular formula is C11H22N2O3. The number of amides is 1. The van der Waals surface area contributed by atoms with Crippen molar-refractivity contribution in [3.05, 3.63) is 0 Å². The Balaban J connectivity index is 2.45. The first-order valence-corrected chi connectivity index (χ1v) is 5.77. The zero-order valence-electron chi connectivity index (χ0n) is 10.3. The summed E-state index contributed by atoms with van der Waals surface area (Å²) < 4.78 is 10.8. The second-order valence-electron chi connectivity index (χ2n) is 4.45. The van der Waals surface area contributed by atoms with Gasteiger partial charge in [-0.1, -0.05) is 0 Å². The highest BCUT2D eigenvalue weighted by Gasteiger charge is 2.28. The third-order valence-corrected chi connectivity index (χ3v) is 2.63. The van der Waals surface area contributed by atoms with Crippen molar-refractivity contribution in [2.75, 3.05) is 26.3 Å². The van der Waals surface area contributed by atoms with E-state index in [1.165, 1.54) is 0 Å². The molecule has 0 bridgehead atoms. The van der Waals surface area contributed by atoms with Gasteiger partial charge in [0.2, 0.25) is 5.91 Å². The molecule has 0 aliphatic carbocycles. The van der Waals surface area contributed by atoms with E-state index >= 15 is 0 Å². The van der Waals surface area contributed by atoms with E-state index in [0.29, 0.717) is 19.7 Å². The number of ether oxygens (including phenoxy) is 2. The second-order valence-corrected chi connectivity index (χ2v) is 4.45. The maximum atomic E-state index is 11.9. The number of nitrogens with two attached hydrogens (primary N) is 1. The van der Waals surface area contributed by atoms with Gasteiger partial charge in [-0.3, -0.25) is 4.79 Å². The zero-order valence-corrected chi connectivity index (χ0v) is 10.3. The Morgan fingerprint density at radius 3 is 2.88 bits per heavy atom. The number of morpholine rings is 1. The van der Waals surface area contributed by atoms with Gasteiger partial charge >= 0.3 is 0 Å². The molecule has 16 heavy (non-hydrogen) atoms. The van der Waals surface area contributed by atoms with Gasteiger partial charge in [-0.15, -0.1) is 0 Å². The van der Waals surface area contributed by atoms with Crippen LogP contribution in [0.3, 0.4) is 0 Å². The summed E-state index contributed by atoms with van der Waals surface area (Å²) in [4.78, 5) is 13.7. The first-order chi connectivity index (χ1) is 7.54. The van der Waals surface area contributed by atoms with Crippen LogP contribution in [0.25, 0.3) is 0 Å². The van der Waals surface area contributed by atoms with Crippen LogP contribution in [0, 0.1) is 0 Å². The molecule has 1 fully saturated rings. The quantitative estimate of drug-likeness (QED) is 0.737. The van der Waals surface area contributed by atoms with Crippen molar-refractivity contribution in [2.24, 2.45) is 5.73 Å². The lowest BCUT2D eigenvalue weighted by Gasteiger charge is -2.37. The van der Waals surface area contributed by atoms with Gasteiger partial charge in [0.05, 0.1) is 24.9 Å². The molecule has 1 saturated heterocycles. The third-order valence-electron chi connectivity index (χ3n) is 2.63. The molecule has 5 heteroatoms. The topological polar surface area (TPSA) is 64.8 Å². The lowest BCUT2D eigenvalue weighted by atomic mass is 10.2. The second kappa shape index (κ2) is 6.18.